The second kappa shape index (κ2) is 8.08. The Kier molecular flexibility index (Phi) is 5.59. The maximum absolute atomic E-state index is 12.4. The van der Waals surface area contributed by atoms with Gasteiger partial charge in [0.1, 0.15) is 17.3 Å². The van der Waals surface area contributed by atoms with Gasteiger partial charge in [0.15, 0.2) is 0 Å². The van der Waals surface area contributed by atoms with Crippen LogP contribution in [0.3, 0.4) is 0 Å². The fourth-order valence-electron chi connectivity index (χ4n) is 2.79. The maximum Gasteiger partial charge on any atom is 0.275 e. The molecule has 0 unspecified atom stereocenters. The number of aromatic nitrogens is 2. The number of methoxy groups -OCH3 is 1. The molecule has 0 aliphatic carbocycles. The first kappa shape index (κ1) is 19.4. The predicted molar refractivity (Wildman–Crippen MR) is 111 cm³/mol. The van der Waals surface area contributed by atoms with Gasteiger partial charge in [-0.1, -0.05) is 45.0 Å². The lowest BCUT2D eigenvalue weighted by molar-refractivity contribution is 0.102. The molecule has 0 atom stereocenters. The van der Waals surface area contributed by atoms with Gasteiger partial charge in [-0.3, -0.25) is 4.79 Å². The van der Waals surface area contributed by atoms with Crippen LogP contribution < -0.4 is 15.4 Å². The molecule has 0 saturated heterocycles. The Balaban J connectivity index is 1.73. The van der Waals surface area contributed by atoms with Gasteiger partial charge in [-0.2, -0.15) is 0 Å². The van der Waals surface area contributed by atoms with Crippen molar-refractivity contribution in [1.82, 2.24) is 9.97 Å². The van der Waals surface area contributed by atoms with Crippen LogP contribution >= 0.6 is 0 Å². The Morgan fingerprint density at radius 3 is 2.46 bits per heavy atom. The lowest BCUT2D eigenvalue weighted by Crippen LogP contribution is -2.15. The van der Waals surface area contributed by atoms with Gasteiger partial charge in [-0.15, -0.1) is 0 Å². The van der Waals surface area contributed by atoms with Crippen LogP contribution in [-0.4, -0.2) is 23.0 Å². The third kappa shape index (κ3) is 4.65. The Bertz CT molecular complexity index is 963. The molecule has 0 aliphatic heterocycles. The summed E-state index contributed by atoms with van der Waals surface area (Å²) in [5.41, 5.74) is 3.01. The van der Waals surface area contributed by atoms with Gasteiger partial charge >= 0.3 is 0 Å². The minimum Gasteiger partial charge on any atom is -0.497 e. The SMILES string of the molecule is COc1cccc(NC(=O)c2cnc(Nc3ccccc3C(C)(C)C)cn2)c1. The lowest BCUT2D eigenvalue weighted by Gasteiger charge is -2.23. The number of rotatable bonds is 5. The number of nitrogens with one attached hydrogen (secondary N) is 2. The Hall–Kier alpha value is -3.41. The summed E-state index contributed by atoms with van der Waals surface area (Å²) in [7, 11) is 1.58. The van der Waals surface area contributed by atoms with E-state index in [1.807, 2.05) is 24.3 Å². The van der Waals surface area contributed by atoms with E-state index in [4.69, 9.17) is 4.74 Å². The third-order valence-corrected chi connectivity index (χ3v) is 4.21. The van der Waals surface area contributed by atoms with E-state index >= 15 is 0 Å². The van der Waals surface area contributed by atoms with Gasteiger partial charge in [0, 0.05) is 17.4 Å². The minimum absolute atomic E-state index is 0.00636. The first-order valence-electron chi connectivity index (χ1n) is 9.01. The number of benzene rings is 2. The van der Waals surface area contributed by atoms with Gasteiger partial charge < -0.3 is 15.4 Å². The van der Waals surface area contributed by atoms with Crippen LogP contribution in [0, 0.1) is 0 Å². The zero-order valence-corrected chi connectivity index (χ0v) is 16.5. The van der Waals surface area contributed by atoms with Crippen molar-refractivity contribution in [3.05, 3.63) is 72.2 Å². The number of carbonyl (C=O) groups is 1. The fourth-order valence-corrected chi connectivity index (χ4v) is 2.79. The topological polar surface area (TPSA) is 76.1 Å². The molecule has 2 N–H and O–H groups in total. The Morgan fingerprint density at radius 1 is 1.00 bits per heavy atom. The van der Waals surface area contributed by atoms with Gasteiger partial charge in [0.2, 0.25) is 0 Å². The molecule has 1 amide bonds. The molecule has 1 aromatic heterocycles. The molecule has 0 fully saturated rings. The molecule has 3 rings (SSSR count). The van der Waals surface area contributed by atoms with Crippen LogP contribution in [0.1, 0.15) is 36.8 Å². The van der Waals surface area contributed by atoms with Gasteiger partial charge in [0.25, 0.3) is 5.91 Å². The van der Waals surface area contributed by atoms with Crippen LogP contribution in [-0.2, 0) is 5.41 Å². The average Bonchev–Trinajstić information content (AvgIpc) is 2.68. The van der Waals surface area contributed by atoms with Crippen LogP contribution in [0.4, 0.5) is 17.2 Å². The van der Waals surface area contributed by atoms with Crippen molar-refractivity contribution in [2.45, 2.75) is 26.2 Å². The second-order valence-electron chi connectivity index (χ2n) is 7.39. The molecular formula is C22H24N4O2. The van der Waals surface area contributed by atoms with Crippen molar-refractivity contribution in [1.29, 1.82) is 0 Å². The van der Waals surface area contributed by atoms with E-state index < -0.39 is 0 Å². The molecule has 2 aromatic carbocycles. The first-order valence-corrected chi connectivity index (χ1v) is 9.01. The molecule has 1 heterocycles. The van der Waals surface area contributed by atoms with Gasteiger partial charge in [0.05, 0.1) is 19.5 Å². The summed E-state index contributed by atoms with van der Waals surface area (Å²) in [4.78, 5) is 21.0. The van der Waals surface area contributed by atoms with Crippen molar-refractivity contribution in [2.75, 3.05) is 17.7 Å². The molecule has 0 radical (unpaired) electrons. The zero-order chi connectivity index (χ0) is 20.1. The molecule has 0 spiro atoms. The summed E-state index contributed by atoms with van der Waals surface area (Å²) in [6.07, 6.45) is 3.01. The largest absolute Gasteiger partial charge is 0.497 e. The molecule has 0 saturated carbocycles. The highest BCUT2D eigenvalue weighted by atomic mass is 16.5. The van der Waals surface area contributed by atoms with Crippen LogP contribution in [0.5, 0.6) is 5.75 Å². The van der Waals surface area contributed by atoms with Crippen LogP contribution in [0.25, 0.3) is 0 Å². The highest BCUT2D eigenvalue weighted by molar-refractivity contribution is 6.02. The van der Waals surface area contributed by atoms with Gasteiger partial charge in [-0.25, -0.2) is 9.97 Å². The van der Waals surface area contributed by atoms with E-state index in [2.05, 4.69) is 47.4 Å². The first-order chi connectivity index (χ1) is 13.4. The smallest absolute Gasteiger partial charge is 0.275 e. The summed E-state index contributed by atoms with van der Waals surface area (Å²) in [6.45, 7) is 6.47. The number of nitrogens with zero attached hydrogens (tertiary/aromatic N) is 2. The monoisotopic (exact) mass is 376 g/mol. The summed E-state index contributed by atoms with van der Waals surface area (Å²) in [5.74, 6) is 0.915. The number of ether oxygens (including phenoxy) is 1. The number of anilines is 3. The molecular weight excluding hydrogens is 352 g/mol. The predicted octanol–water partition coefficient (Wildman–Crippen LogP) is 4.78. The fraction of sp³-hybridized carbons (Fsp3) is 0.227. The van der Waals surface area contributed by atoms with Crippen molar-refractivity contribution in [3.8, 4) is 5.75 Å². The van der Waals surface area contributed by atoms with Crippen LogP contribution in [0.2, 0.25) is 0 Å². The van der Waals surface area contributed by atoms with E-state index in [9.17, 15) is 4.79 Å². The second-order valence-corrected chi connectivity index (χ2v) is 7.39. The van der Waals surface area contributed by atoms with Crippen molar-refractivity contribution < 1.29 is 9.53 Å². The van der Waals surface area contributed by atoms with Crippen molar-refractivity contribution >= 4 is 23.1 Å². The molecule has 28 heavy (non-hydrogen) atoms. The number of para-hydroxylation sites is 1. The van der Waals surface area contributed by atoms with E-state index in [1.165, 1.54) is 11.8 Å². The Morgan fingerprint density at radius 2 is 1.79 bits per heavy atom. The average molecular weight is 376 g/mol. The molecule has 144 valence electrons. The third-order valence-electron chi connectivity index (χ3n) is 4.21. The zero-order valence-electron chi connectivity index (χ0n) is 16.5. The number of amides is 1. The van der Waals surface area contributed by atoms with Crippen LogP contribution in [0.15, 0.2) is 60.9 Å². The summed E-state index contributed by atoms with van der Waals surface area (Å²) < 4.78 is 5.16. The summed E-state index contributed by atoms with van der Waals surface area (Å²) in [6, 6.07) is 15.2. The molecule has 3 aromatic rings. The van der Waals surface area contributed by atoms with E-state index in [-0.39, 0.29) is 17.0 Å². The molecule has 6 nitrogen and oxygen atoms in total. The number of hydrogen-bond donors (Lipinski definition) is 2. The lowest BCUT2D eigenvalue weighted by atomic mass is 9.86. The Labute approximate surface area is 165 Å². The van der Waals surface area contributed by atoms with Crippen molar-refractivity contribution in [2.24, 2.45) is 0 Å². The van der Waals surface area contributed by atoms with E-state index in [1.54, 1.807) is 31.5 Å². The number of carbonyl (C=O) groups excluding carboxylic acids is 1. The highest BCUT2D eigenvalue weighted by Gasteiger charge is 2.18. The molecule has 0 bridgehead atoms. The van der Waals surface area contributed by atoms with Gasteiger partial charge in [-0.05, 0) is 29.2 Å². The summed E-state index contributed by atoms with van der Waals surface area (Å²) in [5, 5.41) is 6.08. The summed E-state index contributed by atoms with van der Waals surface area (Å²) >= 11 is 0. The quantitative estimate of drug-likeness (QED) is 0.670. The van der Waals surface area contributed by atoms with E-state index in [0.29, 0.717) is 17.3 Å². The standard InChI is InChI=1S/C22H24N4O2/c1-22(2,3)17-10-5-6-11-18(17)26-20-14-23-19(13-24-20)21(27)25-15-8-7-9-16(12-15)28-4/h5-14H,1-4H3,(H,24,26)(H,25,27). The van der Waals surface area contributed by atoms with E-state index in [0.717, 1.165) is 5.69 Å². The minimum atomic E-state index is -0.331. The molecule has 0 aliphatic rings. The van der Waals surface area contributed by atoms with Crippen molar-refractivity contribution in [3.63, 3.8) is 0 Å². The normalized spacial score (nSPS) is 11.0. The molecule has 6 heteroatoms. The maximum atomic E-state index is 12.4. The highest BCUT2D eigenvalue weighted by Crippen LogP contribution is 2.30. The number of hydrogen-bond acceptors (Lipinski definition) is 5.